The maximum Gasteiger partial charge on any atom is 0.211 e. The van der Waals surface area contributed by atoms with Crippen molar-refractivity contribution in [3.63, 3.8) is 0 Å². The van der Waals surface area contributed by atoms with Gasteiger partial charge in [0.1, 0.15) is 5.76 Å². The molecule has 0 aliphatic rings. The monoisotopic (exact) mass is 323 g/mol. The van der Waals surface area contributed by atoms with Crippen LogP contribution in [0.4, 0.5) is 0 Å². The molecule has 0 spiro atoms. The number of hydrogen-bond acceptors (Lipinski definition) is 5. The first kappa shape index (κ1) is 16.6. The number of aryl methyl sites for hydroxylation is 2. The van der Waals surface area contributed by atoms with Crippen LogP contribution in [-0.2, 0) is 29.4 Å². The zero-order chi connectivity index (χ0) is 16.0. The molecule has 0 aromatic carbocycles. The van der Waals surface area contributed by atoms with Crippen molar-refractivity contribution in [3.8, 4) is 0 Å². The van der Waals surface area contributed by atoms with Gasteiger partial charge in [-0.2, -0.15) is 4.31 Å². The Labute approximate surface area is 131 Å². The number of nitrogens with zero attached hydrogens (tertiary/aromatic N) is 3. The first-order valence-corrected chi connectivity index (χ1v) is 9.13. The number of rotatable bonds is 8. The second-order valence-electron chi connectivity index (χ2n) is 5.16. The average Bonchev–Trinajstić information content (AvgIpc) is 2.94. The minimum absolute atomic E-state index is 0.288. The molecule has 2 aromatic heterocycles. The second-order valence-corrected chi connectivity index (χ2v) is 7.14. The van der Waals surface area contributed by atoms with E-state index in [0.29, 0.717) is 19.4 Å². The minimum atomic E-state index is -3.27. The molecule has 0 unspecified atom stereocenters. The van der Waals surface area contributed by atoms with Gasteiger partial charge in [-0.25, -0.2) is 8.42 Å². The fourth-order valence-electron chi connectivity index (χ4n) is 2.10. The van der Waals surface area contributed by atoms with E-state index in [1.54, 1.807) is 6.20 Å². The van der Waals surface area contributed by atoms with E-state index in [9.17, 15) is 8.42 Å². The molecular weight excluding hydrogens is 302 g/mol. The highest BCUT2D eigenvalue weighted by Crippen LogP contribution is 2.11. The lowest BCUT2D eigenvalue weighted by Crippen LogP contribution is -2.31. The van der Waals surface area contributed by atoms with Crippen LogP contribution in [-0.4, -0.2) is 35.7 Å². The van der Waals surface area contributed by atoms with E-state index in [1.807, 2.05) is 31.2 Å². The predicted molar refractivity (Wildman–Crippen MR) is 83.7 cm³/mol. The molecule has 120 valence electrons. The van der Waals surface area contributed by atoms with Crippen LogP contribution in [0.2, 0.25) is 0 Å². The molecular formula is C15H21N3O3S. The molecule has 0 saturated heterocycles. The van der Waals surface area contributed by atoms with Gasteiger partial charge in [0.2, 0.25) is 10.0 Å². The van der Waals surface area contributed by atoms with Crippen LogP contribution in [0.25, 0.3) is 0 Å². The zero-order valence-electron chi connectivity index (χ0n) is 12.9. The number of hydrogen-bond donors (Lipinski definition) is 0. The van der Waals surface area contributed by atoms with E-state index >= 15 is 0 Å². The van der Waals surface area contributed by atoms with Crippen molar-refractivity contribution < 1.29 is 12.9 Å². The third-order valence-electron chi connectivity index (χ3n) is 3.33. The lowest BCUT2D eigenvalue weighted by molar-refractivity contribution is 0.358. The molecule has 2 rings (SSSR count). The molecule has 2 aromatic rings. The van der Waals surface area contributed by atoms with Crippen LogP contribution in [0.15, 0.2) is 35.0 Å². The van der Waals surface area contributed by atoms with E-state index < -0.39 is 10.0 Å². The zero-order valence-corrected chi connectivity index (χ0v) is 13.7. The highest BCUT2D eigenvalue weighted by atomic mass is 32.2. The maximum atomic E-state index is 11.9. The van der Waals surface area contributed by atoms with Crippen LogP contribution < -0.4 is 0 Å². The van der Waals surface area contributed by atoms with Gasteiger partial charge in [-0.3, -0.25) is 4.98 Å². The first-order valence-electron chi connectivity index (χ1n) is 7.28. The molecule has 0 saturated carbocycles. The molecule has 0 bridgehead atoms. The molecule has 0 aliphatic carbocycles. The molecule has 0 aliphatic heterocycles. The Morgan fingerprint density at radius 3 is 2.68 bits per heavy atom. The van der Waals surface area contributed by atoms with Gasteiger partial charge in [0, 0.05) is 25.2 Å². The molecule has 0 N–H and O–H groups in total. The van der Waals surface area contributed by atoms with E-state index in [-0.39, 0.29) is 6.54 Å². The molecule has 2 heterocycles. The van der Waals surface area contributed by atoms with Crippen LogP contribution in [0, 0.1) is 0 Å². The number of pyridine rings is 1. The van der Waals surface area contributed by atoms with Crippen molar-refractivity contribution in [1.29, 1.82) is 0 Å². The lowest BCUT2D eigenvalue weighted by atomic mass is 10.2. The smallest absolute Gasteiger partial charge is 0.211 e. The van der Waals surface area contributed by atoms with Gasteiger partial charge in [-0.05, 0) is 25.0 Å². The summed E-state index contributed by atoms with van der Waals surface area (Å²) in [6.07, 6.45) is 5.06. The van der Waals surface area contributed by atoms with E-state index in [1.165, 1.54) is 10.6 Å². The SMILES string of the molecule is CCc1cc(CCCN(Cc2ccccn2)S(C)(=O)=O)on1. The number of sulfonamides is 1. The highest BCUT2D eigenvalue weighted by molar-refractivity contribution is 7.88. The van der Waals surface area contributed by atoms with Gasteiger partial charge in [0.05, 0.1) is 24.2 Å². The molecule has 0 fully saturated rings. The van der Waals surface area contributed by atoms with E-state index in [4.69, 9.17) is 4.52 Å². The van der Waals surface area contributed by atoms with Crippen LogP contribution in [0.1, 0.15) is 30.5 Å². The third-order valence-corrected chi connectivity index (χ3v) is 4.58. The molecule has 0 amide bonds. The van der Waals surface area contributed by atoms with Gasteiger partial charge in [0.15, 0.2) is 0 Å². The minimum Gasteiger partial charge on any atom is -0.361 e. The molecule has 0 atom stereocenters. The quantitative estimate of drug-likeness (QED) is 0.743. The van der Waals surface area contributed by atoms with Crippen molar-refractivity contribution in [3.05, 3.63) is 47.6 Å². The Bertz CT molecular complexity index is 683. The molecule has 22 heavy (non-hydrogen) atoms. The fraction of sp³-hybridized carbons (Fsp3) is 0.467. The molecule has 6 nitrogen and oxygen atoms in total. The van der Waals surface area contributed by atoms with Crippen molar-refractivity contribution in [2.45, 2.75) is 32.7 Å². The Kier molecular flexibility index (Phi) is 5.68. The second kappa shape index (κ2) is 7.51. The summed E-state index contributed by atoms with van der Waals surface area (Å²) in [5, 5.41) is 3.93. The predicted octanol–water partition coefficient (Wildman–Crippen LogP) is 2.03. The first-order chi connectivity index (χ1) is 10.5. The van der Waals surface area contributed by atoms with Crippen LogP contribution in [0.3, 0.4) is 0 Å². The maximum absolute atomic E-state index is 11.9. The summed E-state index contributed by atoms with van der Waals surface area (Å²) < 4.78 is 30.4. The molecule has 7 heteroatoms. The summed E-state index contributed by atoms with van der Waals surface area (Å²) in [6.45, 7) is 2.73. The van der Waals surface area contributed by atoms with Gasteiger partial charge in [-0.15, -0.1) is 0 Å². The van der Waals surface area contributed by atoms with Crippen molar-refractivity contribution in [2.75, 3.05) is 12.8 Å². The summed E-state index contributed by atoms with van der Waals surface area (Å²) >= 11 is 0. The Hall–Kier alpha value is -1.73. The van der Waals surface area contributed by atoms with Crippen LogP contribution >= 0.6 is 0 Å². The van der Waals surface area contributed by atoms with E-state index in [2.05, 4.69) is 10.1 Å². The van der Waals surface area contributed by atoms with Crippen molar-refractivity contribution in [1.82, 2.24) is 14.4 Å². The fourth-order valence-corrected chi connectivity index (χ4v) is 2.93. The van der Waals surface area contributed by atoms with Crippen molar-refractivity contribution in [2.24, 2.45) is 0 Å². The molecule has 0 radical (unpaired) electrons. The van der Waals surface area contributed by atoms with Gasteiger partial charge >= 0.3 is 0 Å². The topological polar surface area (TPSA) is 76.3 Å². The Morgan fingerprint density at radius 1 is 1.27 bits per heavy atom. The van der Waals surface area contributed by atoms with Gasteiger partial charge < -0.3 is 4.52 Å². The van der Waals surface area contributed by atoms with Gasteiger partial charge in [0.25, 0.3) is 0 Å². The number of aromatic nitrogens is 2. The summed E-state index contributed by atoms with van der Waals surface area (Å²) in [6, 6.07) is 7.40. The summed E-state index contributed by atoms with van der Waals surface area (Å²) in [5.74, 6) is 0.795. The summed E-state index contributed by atoms with van der Waals surface area (Å²) in [5.41, 5.74) is 1.66. The highest BCUT2D eigenvalue weighted by Gasteiger charge is 2.17. The normalized spacial score (nSPS) is 12.0. The van der Waals surface area contributed by atoms with Crippen LogP contribution in [0.5, 0.6) is 0 Å². The Morgan fingerprint density at radius 2 is 2.09 bits per heavy atom. The van der Waals surface area contributed by atoms with Crippen molar-refractivity contribution >= 4 is 10.0 Å². The lowest BCUT2D eigenvalue weighted by Gasteiger charge is -2.19. The Balaban J connectivity index is 1.93. The standard InChI is InChI=1S/C15H21N3O3S/c1-3-13-11-15(21-17-13)8-6-10-18(22(2,19)20)12-14-7-4-5-9-16-14/h4-5,7,9,11H,3,6,8,10,12H2,1-2H3. The third kappa shape index (κ3) is 4.92. The average molecular weight is 323 g/mol. The largest absolute Gasteiger partial charge is 0.361 e. The summed E-state index contributed by atoms with van der Waals surface area (Å²) in [7, 11) is -3.27. The van der Waals surface area contributed by atoms with E-state index in [0.717, 1.165) is 23.6 Å². The summed E-state index contributed by atoms with van der Waals surface area (Å²) in [4.78, 5) is 4.18. The van der Waals surface area contributed by atoms with Gasteiger partial charge in [-0.1, -0.05) is 18.1 Å².